The number of hydrogen-bond donors (Lipinski definition) is 0. The van der Waals surface area contributed by atoms with Crippen LogP contribution in [0, 0.1) is 11.3 Å². The van der Waals surface area contributed by atoms with Gasteiger partial charge in [0.05, 0.1) is 18.1 Å². The van der Waals surface area contributed by atoms with Gasteiger partial charge >= 0.3 is 6.18 Å². The molecular formula is C21H19F3N2O. The van der Waals surface area contributed by atoms with Gasteiger partial charge in [-0.3, -0.25) is 4.79 Å². The van der Waals surface area contributed by atoms with Crippen molar-refractivity contribution in [2.45, 2.75) is 38.4 Å². The van der Waals surface area contributed by atoms with Crippen molar-refractivity contribution in [1.29, 1.82) is 5.26 Å². The van der Waals surface area contributed by atoms with E-state index in [-0.39, 0.29) is 13.0 Å². The van der Waals surface area contributed by atoms with E-state index < -0.39 is 18.6 Å². The van der Waals surface area contributed by atoms with E-state index in [9.17, 15) is 18.0 Å². The van der Waals surface area contributed by atoms with Crippen LogP contribution in [0.25, 0.3) is 0 Å². The second kappa shape index (κ2) is 7.83. The van der Waals surface area contributed by atoms with Crippen LogP contribution in [0.5, 0.6) is 0 Å². The minimum Gasteiger partial charge on any atom is -0.329 e. The summed E-state index contributed by atoms with van der Waals surface area (Å²) in [6.45, 7) is -1.44. The lowest BCUT2D eigenvalue weighted by molar-refractivity contribution is -0.162. The number of rotatable bonds is 5. The largest absolute Gasteiger partial charge is 0.406 e. The zero-order valence-corrected chi connectivity index (χ0v) is 14.7. The molecule has 0 heterocycles. The van der Waals surface area contributed by atoms with Crippen LogP contribution in [0.15, 0.2) is 42.5 Å². The Balaban J connectivity index is 1.75. The number of alkyl halides is 3. The van der Waals surface area contributed by atoms with Gasteiger partial charge in [0, 0.05) is 6.54 Å². The molecule has 1 aliphatic rings. The SMILES string of the molecule is N#Cc1ccc(CN(CC(F)(F)F)C(=O)Cc2ccc3c(c2)CCC3)cc1. The lowest BCUT2D eigenvalue weighted by atomic mass is 10.0. The number of amides is 1. The van der Waals surface area contributed by atoms with Crippen LogP contribution >= 0.6 is 0 Å². The molecule has 1 aliphatic carbocycles. The first-order chi connectivity index (χ1) is 12.8. The van der Waals surface area contributed by atoms with Gasteiger partial charge in [0.25, 0.3) is 0 Å². The molecule has 2 aromatic rings. The second-order valence-electron chi connectivity index (χ2n) is 6.81. The maximum absolute atomic E-state index is 13.0. The third kappa shape index (κ3) is 5.10. The number of aryl methyl sites for hydroxylation is 2. The van der Waals surface area contributed by atoms with E-state index in [0.29, 0.717) is 11.1 Å². The van der Waals surface area contributed by atoms with Gasteiger partial charge in [0.15, 0.2) is 0 Å². The zero-order chi connectivity index (χ0) is 19.4. The van der Waals surface area contributed by atoms with Crippen molar-refractivity contribution in [2.75, 3.05) is 6.54 Å². The zero-order valence-electron chi connectivity index (χ0n) is 14.7. The summed E-state index contributed by atoms with van der Waals surface area (Å²) in [4.78, 5) is 13.4. The van der Waals surface area contributed by atoms with Crippen LogP contribution in [-0.2, 0) is 30.6 Å². The highest BCUT2D eigenvalue weighted by Crippen LogP contribution is 2.24. The van der Waals surface area contributed by atoms with E-state index in [1.54, 1.807) is 12.1 Å². The van der Waals surface area contributed by atoms with E-state index >= 15 is 0 Å². The summed E-state index contributed by atoms with van der Waals surface area (Å²) in [6, 6.07) is 13.9. The van der Waals surface area contributed by atoms with Crippen LogP contribution in [-0.4, -0.2) is 23.5 Å². The monoisotopic (exact) mass is 372 g/mol. The van der Waals surface area contributed by atoms with Crippen molar-refractivity contribution in [3.63, 3.8) is 0 Å². The molecule has 1 amide bonds. The Kier molecular flexibility index (Phi) is 5.50. The average molecular weight is 372 g/mol. The van der Waals surface area contributed by atoms with Gasteiger partial charge in [-0.2, -0.15) is 18.4 Å². The molecule has 0 saturated heterocycles. The van der Waals surface area contributed by atoms with Gasteiger partial charge in [-0.25, -0.2) is 0 Å². The molecule has 0 radical (unpaired) electrons. The summed E-state index contributed by atoms with van der Waals surface area (Å²) in [5.74, 6) is -0.561. The highest BCUT2D eigenvalue weighted by atomic mass is 19.4. The number of fused-ring (bicyclic) bond motifs is 1. The first kappa shape index (κ1) is 19.0. The van der Waals surface area contributed by atoms with E-state index in [1.165, 1.54) is 23.3 Å². The number of nitrogens with zero attached hydrogens (tertiary/aromatic N) is 2. The van der Waals surface area contributed by atoms with Gasteiger partial charge in [-0.1, -0.05) is 30.3 Å². The fourth-order valence-electron chi connectivity index (χ4n) is 3.38. The van der Waals surface area contributed by atoms with Crippen LogP contribution in [0.1, 0.15) is 34.2 Å². The molecule has 3 rings (SSSR count). The number of halogens is 3. The molecule has 0 atom stereocenters. The molecule has 0 aromatic heterocycles. The minimum absolute atomic E-state index is 0.0559. The van der Waals surface area contributed by atoms with Crippen LogP contribution in [0.4, 0.5) is 13.2 Å². The summed E-state index contributed by atoms with van der Waals surface area (Å²) in [7, 11) is 0. The minimum atomic E-state index is -4.47. The van der Waals surface area contributed by atoms with Crippen LogP contribution in [0.3, 0.4) is 0 Å². The van der Waals surface area contributed by atoms with Crippen molar-refractivity contribution < 1.29 is 18.0 Å². The molecule has 0 aliphatic heterocycles. The third-order valence-electron chi connectivity index (χ3n) is 4.70. The van der Waals surface area contributed by atoms with Crippen LogP contribution in [0.2, 0.25) is 0 Å². The van der Waals surface area contributed by atoms with Crippen molar-refractivity contribution >= 4 is 5.91 Å². The van der Waals surface area contributed by atoms with Gasteiger partial charge in [-0.15, -0.1) is 0 Å². The molecule has 140 valence electrons. The van der Waals surface area contributed by atoms with Gasteiger partial charge < -0.3 is 4.90 Å². The van der Waals surface area contributed by atoms with Crippen molar-refractivity contribution in [2.24, 2.45) is 0 Å². The maximum Gasteiger partial charge on any atom is 0.406 e. The second-order valence-corrected chi connectivity index (χ2v) is 6.81. The third-order valence-corrected chi connectivity index (χ3v) is 4.70. The summed E-state index contributed by atoms with van der Waals surface area (Å²) in [6.07, 6.45) is -1.48. The number of hydrogen-bond acceptors (Lipinski definition) is 2. The normalized spacial score (nSPS) is 13.1. The van der Waals surface area contributed by atoms with Gasteiger partial charge in [-0.05, 0) is 53.6 Å². The van der Waals surface area contributed by atoms with Crippen molar-refractivity contribution in [3.8, 4) is 6.07 Å². The maximum atomic E-state index is 13.0. The van der Waals surface area contributed by atoms with E-state index in [2.05, 4.69) is 0 Å². The molecule has 0 N–H and O–H groups in total. The molecule has 3 nitrogen and oxygen atoms in total. The fourth-order valence-corrected chi connectivity index (χ4v) is 3.38. The van der Waals surface area contributed by atoms with Gasteiger partial charge in [0.2, 0.25) is 5.91 Å². The number of nitriles is 1. The molecule has 0 unspecified atom stereocenters. The number of carbonyl (C=O) groups excluding carboxylic acids is 1. The molecule has 0 fully saturated rings. The highest BCUT2D eigenvalue weighted by molar-refractivity contribution is 5.79. The molecular weight excluding hydrogens is 353 g/mol. The molecule has 6 heteroatoms. The first-order valence-electron chi connectivity index (χ1n) is 8.78. The number of benzene rings is 2. The molecule has 0 bridgehead atoms. The quantitative estimate of drug-likeness (QED) is 0.790. The predicted molar refractivity (Wildman–Crippen MR) is 94.8 cm³/mol. The summed E-state index contributed by atoms with van der Waals surface area (Å²) >= 11 is 0. The molecule has 27 heavy (non-hydrogen) atoms. The lowest BCUT2D eigenvalue weighted by Crippen LogP contribution is -2.39. The number of carbonyl (C=O) groups is 1. The predicted octanol–water partition coefficient (Wildman–Crippen LogP) is 4.18. The highest BCUT2D eigenvalue weighted by Gasteiger charge is 2.33. The molecule has 2 aromatic carbocycles. The topological polar surface area (TPSA) is 44.1 Å². The van der Waals surface area contributed by atoms with E-state index in [4.69, 9.17) is 5.26 Å². The van der Waals surface area contributed by atoms with E-state index in [1.807, 2.05) is 24.3 Å². The van der Waals surface area contributed by atoms with E-state index in [0.717, 1.165) is 29.7 Å². The average Bonchev–Trinajstić information content (AvgIpc) is 3.08. The van der Waals surface area contributed by atoms with Crippen molar-refractivity contribution in [3.05, 3.63) is 70.3 Å². The first-order valence-corrected chi connectivity index (χ1v) is 8.78. The molecule has 0 saturated carbocycles. The Labute approximate surface area is 156 Å². The van der Waals surface area contributed by atoms with Crippen molar-refractivity contribution in [1.82, 2.24) is 4.90 Å². The van der Waals surface area contributed by atoms with Gasteiger partial charge in [0.1, 0.15) is 6.54 Å². The molecule has 0 spiro atoms. The summed E-state index contributed by atoms with van der Waals surface area (Å²) in [5, 5.41) is 8.82. The Morgan fingerprint density at radius 2 is 1.70 bits per heavy atom. The summed E-state index contributed by atoms with van der Waals surface area (Å²) < 4.78 is 38.9. The van der Waals surface area contributed by atoms with Crippen LogP contribution < -0.4 is 0 Å². The fraction of sp³-hybridized carbons (Fsp3) is 0.333. The Hall–Kier alpha value is -2.81. The Morgan fingerprint density at radius 1 is 1.04 bits per heavy atom. The smallest absolute Gasteiger partial charge is 0.329 e. The lowest BCUT2D eigenvalue weighted by Gasteiger charge is -2.24. The Bertz CT molecular complexity index is 866. The Morgan fingerprint density at radius 3 is 2.37 bits per heavy atom. The summed E-state index contributed by atoms with van der Waals surface area (Å²) in [5.41, 5.74) is 4.17. The standard InChI is InChI=1S/C21H19F3N2O/c22-21(23,24)14-26(13-16-6-4-15(12-25)5-7-16)20(27)11-17-8-9-18-2-1-3-19(18)10-17/h4-10H,1-3,11,13-14H2.